The Morgan fingerprint density at radius 3 is 2.62 bits per heavy atom. The molecule has 0 radical (unpaired) electrons. The van der Waals surface area contributed by atoms with Gasteiger partial charge in [-0.3, -0.25) is 0 Å². The van der Waals surface area contributed by atoms with Crippen LogP contribution in [0, 0.1) is 0 Å². The van der Waals surface area contributed by atoms with E-state index in [0.717, 1.165) is 19.1 Å². The third-order valence-corrected chi connectivity index (χ3v) is 2.55. The van der Waals surface area contributed by atoms with E-state index in [0.29, 0.717) is 6.04 Å². The number of hydrogen-bond donors (Lipinski definition) is 1. The Morgan fingerprint density at radius 1 is 1.23 bits per heavy atom. The molecular formula is C11H13NO. The molecule has 1 N–H and O–H groups in total. The third kappa shape index (κ3) is 1.78. The number of carbonyl (C=O) groups is 1. The Bertz CT molecular complexity index is 283. The predicted octanol–water partition coefficient (Wildman–Crippen LogP) is 1.68. The van der Waals surface area contributed by atoms with Crippen LogP contribution >= 0.6 is 0 Å². The van der Waals surface area contributed by atoms with Gasteiger partial charge in [0.15, 0.2) is 0 Å². The van der Waals surface area contributed by atoms with Crippen molar-refractivity contribution in [3.8, 4) is 0 Å². The highest BCUT2D eigenvalue weighted by Crippen LogP contribution is 2.25. The first-order valence-corrected chi connectivity index (χ1v) is 4.66. The number of aldehydes is 1. The summed E-state index contributed by atoms with van der Waals surface area (Å²) in [7, 11) is 0. The average Bonchev–Trinajstić information content (AvgIpc) is 2.67. The Morgan fingerprint density at radius 2 is 2.00 bits per heavy atom. The highest BCUT2D eigenvalue weighted by Gasteiger charge is 2.23. The van der Waals surface area contributed by atoms with E-state index in [2.05, 4.69) is 17.4 Å². The first-order valence-electron chi connectivity index (χ1n) is 4.66. The van der Waals surface area contributed by atoms with E-state index < -0.39 is 0 Å². The Hall–Kier alpha value is -1.15. The standard InChI is InChI=1S/C11H13NO/c13-8-10-6-7-11(12-10)9-4-2-1-3-5-9/h1-5,8,10-12H,6-7H2/t10-,11-/m0/s1. The Balaban J connectivity index is 2.08. The van der Waals surface area contributed by atoms with Crippen molar-refractivity contribution in [2.24, 2.45) is 0 Å². The summed E-state index contributed by atoms with van der Waals surface area (Å²) in [6, 6.07) is 10.7. The number of nitrogens with one attached hydrogen (secondary N) is 1. The van der Waals surface area contributed by atoms with E-state index >= 15 is 0 Å². The van der Waals surface area contributed by atoms with Gasteiger partial charge in [-0.25, -0.2) is 0 Å². The lowest BCUT2D eigenvalue weighted by molar-refractivity contribution is -0.109. The van der Waals surface area contributed by atoms with Crippen LogP contribution in [0.2, 0.25) is 0 Å². The maximum atomic E-state index is 10.5. The molecule has 0 aliphatic carbocycles. The lowest BCUT2D eigenvalue weighted by atomic mass is 10.1. The van der Waals surface area contributed by atoms with Gasteiger partial charge in [0.1, 0.15) is 6.29 Å². The van der Waals surface area contributed by atoms with Crippen LogP contribution in [0.1, 0.15) is 24.4 Å². The average molecular weight is 175 g/mol. The minimum atomic E-state index is 0.0604. The van der Waals surface area contributed by atoms with E-state index in [-0.39, 0.29) is 6.04 Å². The minimum Gasteiger partial charge on any atom is -0.302 e. The van der Waals surface area contributed by atoms with Crippen LogP contribution in [0.5, 0.6) is 0 Å². The molecule has 2 rings (SSSR count). The van der Waals surface area contributed by atoms with Gasteiger partial charge in [-0.15, -0.1) is 0 Å². The second-order valence-electron chi connectivity index (χ2n) is 3.45. The molecule has 1 saturated heterocycles. The summed E-state index contributed by atoms with van der Waals surface area (Å²) in [5, 5.41) is 3.29. The van der Waals surface area contributed by atoms with Crippen molar-refractivity contribution in [1.82, 2.24) is 5.32 Å². The number of hydrogen-bond acceptors (Lipinski definition) is 2. The summed E-state index contributed by atoms with van der Waals surface area (Å²) >= 11 is 0. The normalized spacial score (nSPS) is 27.4. The van der Waals surface area contributed by atoms with Crippen molar-refractivity contribution in [3.63, 3.8) is 0 Å². The molecule has 1 fully saturated rings. The molecule has 1 aliphatic heterocycles. The first-order chi connectivity index (χ1) is 6.40. The van der Waals surface area contributed by atoms with Crippen LogP contribution in [0.15, 0.2) is 30.3 Å². The molecule has 0 saturated carbocycles. The van der Waals surface area contributed by atoms with Crippen LogP contribution in [-0.4, -0.2) is 12.3 Å². The van der Waals surface area contributed by atoms with Crippen LogP contribution in [0.25, 0.3) is 0 Å². The second kappa shape index (κ2) is 3.71. The summed E-state index contributed by atoms with van der Waals surface area (Å²) in [5.74, 6) is 0. The lowest BCUT2D eigenvalue weighted by Crippen LogP contribution is -2.25. The zero-order valence-corrected chi connectivity index (χ0v) is 7.44. The molecule has 0 amide bonds. The SMILES string of the molecule is O=C[C@@H]1CC[C@@H](c2ccccc2)N1. The quantitative estimate of drug-likeness (QED) is 0.693. The zero-order valence-electron chi connectivity index (χ0n) is 7.44. The van der Waals surface area contributed by atoms with Crippen molar-refractivity contribution in [1.29, 1.82) is 0 Å². The fourth-order valence-corrected chi connectivity index (χ4v) is 1.83. The Labute approximate surface area is 78.0 Å². The number of carbonyl (C=O) groups excluding carboxylic acids is 1. The van der Waals surface area contributed by atoms with Gasteiger partial charge in [0, 0.05) is 6.04 Å². The van der Waals surface area contributed by atoms with Gasteiger partial charge < -0.3 is 10.1 Å². The molecule has 0 unspecified atom stereocenters. The minimum absolute atomic E-state index is 0.0604. The molecule has 2 heteroatoms. The van der Waals surface area contributed by atoms with Gasteiger partial charge in [-0.1, -0.05) is 30.3 Å². The summed E-state index contributed by atoms with van der Waals surface area (Å²) in [5.41, 5.74) is 1.28. The fourth-order valence-electron chi connectivity index (χ4n) is 1.83. The largest absolute Gasteiger partial charge is 0.302 e. The van der Waals surface area contributed by atoms with Crippen LogP contribution in [0.4, 0.5) is 0 Å². The fraction of sp³-hybridized carbons (Fsp3) is 0.364. The molecule has 1 aliphatic rings. The van der Waals surface area contributed by atoms with Gasteiger partial charge in [-0.05, 0) is 18.4 Å². The van der Waals surface area contributed by atoms with Crippen molar-refractivity contribution >= 4 is 6.29 Å². The van der Waals surface area contributed by atoms with E-state index in [4.69, 9.17) is 0 Å². The summed E-state index contributed by atoms with van der Waals surface area (Å²) < 4.78 is 0. The molecule has 2 atom stereocenters. The predicted molar refractivity (Wildman–Crippen MR) is 51.4 cm³/mol. The van der Waals surface area contributed by atoms with E-state index in [1.54, 1.807) is 0 Å². The van der Waals surface area contributed by atoms with Crippen molar-refractivity contribution < 1.29 is 4.79 Å². The molecule has 0 aromatic heterocycles. The molecule has 1 heterocycles. The van der Waals surface area contributed by atoms with Gasteiger partial charge in [0.25, 0.3) is 0 Å². The van der Waals surface area contributed by atoms with Crippen LogP contribution in [0.3, 0.4) is 0 Å². The topological polar surface area (TPSA) is 29.1 Å². The van der Waals surface area contributed by atoms with Crippen molar-refractivity contribution in [2.75, 3.05) is 0 Å². The van der Waals surface area contributed by atoms with Crippen LogP contribution in [-0.2, 0) is 4.79 Å². The lowest BCUT2D eigenvalue weighted by Gasteiger charge is -2.10. The highest BCUT2D eigenvalue weighted by atomic mass is 16.1. The van der Waals surface area contributed by atoms with Crippen LogP contribution < -0.4 is 5.32 Å². The molecule has 0 bridgehead atoms. The van der Waals surface area contributed by atoms with E-state index in [1.807, 2.05) is 18.2 Å². The van der Waals surface area contributed by atoms with Crippen molar-refractivity contribution in [2.45, 2.75) is 24.9 Å². The van der Waals surface area contributed by atoms with Gasteiger partial charge in [0.05, 0.1) is 6.04 Å². The van der Waals surface area contributed by atoms with E-state index in [9.17, 15) is 4.79 Å². The molecule has 2 nitrogen and oxygen atoms in total. The summed E-state index contributed by atoms with van der Waals surface area (Å²) in [6.07, 6.45) is 3.03. The monoisotopic (exact) mass is 175 g/mol. The number of rotatable bonds is 2. The summed E-state index contributed by atoms with van der Waals surface area (Å²) in [4.78, 5) is 10.5. The number of benzene rings is 1. The molecule has 0 spiro atoms. The maximum absolute atomic E-state index is 10.5. The second-order valence-corrected chi connectivity index (χ2v) is 3.45. The molecule has 68 valence electrons. The highest BCUT2D eigenvalue weighted by molar-refractivity contribution is 5.58. The van der Waals surface area contributed by atoms with Gasteiger partial charge in [-0.2, -0.15) is 0 Å². The van der Waals surface area contributed by atoms with Gasteiger partial charge in [0.2, 0.25) is 0 Å². The summed E-state index contributed by atoms with van der Waals surface area (Å²) in [6.45, 7) is 0. The van der Waals surface area contributed by atoms with Gasteiger partial charge >= 0.3 is 0 Å². The van der Waals surface area contributed by atoms with E-state index in [1.165, 1.54) is 5.56 Å². The molecular weight excluding hydrogens is 162 g/mol. The molecule has 1 aromatic carbocycles. The third-order valence-electron chi connectivity index (χ3n) is 2.55. The maximum Gasteiger partial charge on any atom is 0.136 e. The van der Waals surface area contributed by atoms with Crippen molar-refractivity contribution in [3.05, 3.63) is 35.9 Å². The smallest absolute Gasteiger partial charge is 0.136 e. The molecule has 1 aromatic rings. The molecule has 13 heavy (non-hydrogen) atoms. The zero-order chi connectivity index (χ0) is 9.10. The Kier molecular flexibility index (Phi) is 2.41. The first kappa shape index (κ1) is 8.45.